The fourth-order valence-electron chi connectivity index (χ4n) is 1.87. The van der Waals surface area contributed by atoms with E-state index < -0.39 is 6.10 Å². The molecule has 0 aromatic heterocycles. The van der Waals surface area contributed by atoms with Crippen molar-refractivity contribution in [3.05, 3.63) is 23.8 Å². The average molecular weight is 253 g/mol. The highest BCUT2D eigenvalue weighted by molar-refractivity contribution is 5.42. The third-order valence-corrected chi connectivity index (χ3v) is 3.67. The summed E-state index contributed by atoms with van der Waals surface area (Å²) in [6.45, 7) is 4.41. The molecule has 0 spiro atoms. The maximum atomic E-state index is 10.5. The lowest BCUT2D eigenvalue weighted by Gasteiger charge is -2.33. The summed E-state index contributed by atoms with van der Waals surface area (Å²) < 4.78 is 10.5. The molecular weight excluding hydrogens is 230 g/mol. The lowest BCUT2D eigenvalue weighted by Crippen LogP contribution is -2.33. The van der Waals surface area contributed by atoms with Crippen LogP contribution in [0, 0.1) is 5.41 Å². The van der Waals surface area contributed by atoms with Crippen LogP contribution in [0.5, 0.6) is 11.5 Å². The van der Waals surface area contributed by atoms with Gasteiger partial charge in [-0.1, -0.05) is 13.8 Å². The second-order valence-corrected chi connectivity index (χ2v) is 4.72. The molecule has 0 saturated carbocycles. The van der Waals surface area contributed by atoms with Gasteiger partial charge in [0.15, 0.2) is 0 Å². The molecule has 0 radical (unpaired) electrons. The first-order valence-electron chi connectivity index (χ1n) is 6.12. The average Bonchev–Trinajstić information content (AvgIpc) is 2.44. The van der Waals surface area contributed by atoms with E-state index in [1.54, 1.807) is 20.3 Å². The summed E-state index contributed by atoms with van der Waals surface area (Å²) in [7, 11) is 3.18. The molecule has 0 saturated heterocycles. The highest BCUT2D eigenvalue weighted by atomic mass is 16.5. The van der Waals surface area contributed by atoms with Gasteiger partial charge in [-0.2, -0.15) is 0 Å². The fraction of sp³-hybridized carbons (Fsp3) is 0.571. The summed E-state index contributed by atoms with van der Waals surface area (Å²) in [5.41, 5.74) is 6.16. The summed E-state index contributed by atoms with van der Waals surface area (Å²) in [4.78, 5) is 0. The normalized spacial score (nSPS) is 15.9. The first kappa shape index (κ1) is 14.8. The Labute approximate surface area is 109 Å². The van der Waals surface area contributed by atoms with Crippen molar-refractivity contribution >= 4 is 0 Å². The molecule has 4 heteroatoms. The lowest BCUT2D eigenvalue weighted by atomic mass is 9.78. The number of aliphatic hydroxyl groups is 1. The van der Waals surface area contributed by atoms with E-state index in [2.05, 4.69) is 0 Å². The molecule has 1 rings (SSSR count). The Balaban J connectivity index is 3.16. The van der Waals surface area contributed by atoms with Crippen LogP contribution < -0.4 is 15.2 Å². The van der Waals surface area contributed by atoms with Crippen LogP contribution in [0.1, 0.15) is 31.9 Å². The number of aliphatic hydroxyl groups excluding tert-OH is 1. The largest absolute Gasteiger partial charge is 0.497 e. The summed E-state index contributed by atoms with van der Waals surface area (Å²) >= 11 is 0. The summed E-state index contributed by atoms with van der Waals surface area (Å²) in [5, 5.41) is 10.5. The minimum atomic E-state index is -0.659. The van der Waals surface area contributed by atoms with Crippen LogP contribution in [0.15, 0.2) is 18.2 Å². The van der Waals surface area contributed by atoms with Crippen LogP contribution in [0.4, 0.5) is 0 Å². The number of ether oxygens (including phenoxy) is 2. The van der Waals surface area contributed by atoms with E-state index in [9.17, 15) is 5.11 Å². The topological polar surface area (TPSA) is 64.7 Å². The third-order valence-electron chi connectivity index (χ3n) is 3.67. The molecular formula is C14H23NO3. The van der Waals surface area contributed by atoms with E-state index in [0.717, 1.165) is 12.0 Å². The molecule has 2 unspecified atom stereocenters. The predicted octanol–water partition coefficient (Wildman–Crippen LogP) is 2.11. The number of rotatable bonds is 6. The van der Waals surface area contributed by atoms with Gasteiger partial charge in [-0.3, -0.25) is 0 Å². The maximum Gasteiger partial charge on any atom is 0.128 e. The van der Waals surface area contributed by atoms with Gasteiger partial charge >= 0.3 is 0 Å². The van der Waals surface area contributed by atoms with Crippen LogP contribution >= 0.6 is 0 Å². The SMILES string of the molecule is CCC(C)(CN)C(O)c1ccc(OC)cc1OC. The summed E-state index contributed by atoms with van der Waals surface area (Å²) in [5.74, 6) is 1.32. The monoisotopic (exact) mass is 253 g/mol. The molecule has 1 aromatic carbocycles. The Bertz CT molecular complexity index is 389. The second-order valence-electron chi connectivity index (χ2n) is 4.72. The second kappa shape index (κ2) is 6.07. The van der Waals surface area contributed by atoms with Gasteiger partial charge in [0.25, 0.3) is 0 Å². The van der Waals surface area contributed by atoms with Crippen molar-refractivity contribution in [1.82, 2.24) is 0 Å². The number of hydrogen-bond acceptors (Lipinski definition) is 4. The molecule has 0 heterocycles. The van der Waals surface area contributed by atoms with Gasteiger partial charge in [0.05, 0.1) is 20.3 Å². The molecule has 1 aromatic rings. The summed E-state index contributed by atoms with van der Waals surface area (Å²) in [6, 6.07) is 5.41. The molecule has 0 fully saturated rings. The van der Waals surface area contributed by atoms with Crippen LogP contribution in [-0.4, -0.2) is 25.9 Å². The number of methoxy groups -OCH3 is 2. The summed E-state index contributed by atoms with van der Waals surface area (Å²) in [6.07, 6.45) is 0.133. The standard InChI is InChI=1S/C14H23NO3/c1-5-14(2,9-15)13(16)11-7-6-10(17-3)8-12(11)18-4/h6-8,13,16H,5,9,15H2,1-4H3. The van der Waals surface area contributed by atoms with E-state index in [4.69, 9.17) is 15.2 Å². The lowest BCUT2D eigenvalue weighted by molar-refractivity contribution is 0.0372. The zero-order chi connectivity index (χ0) is 13.8. The molecule has 0 aliphatic rings. The van der Waals surface area contributed by atoms with Gasteiger partial charge in [0.2, 0.25) is 0 Å². The Morgan fingerprint density at radius 1 is 1.33 bits per heavy atom. The van der Waals surface area contributed by atoms with E-state index >= 15 is 0 Å². The van der Waals surface area contributed by atoms with Crippen molar-refractivity contribution in [2.45, 2.75) is 26.4 Å². The van der Waals surface area contributed by atoms with Crippen molar-refractivity contribution in [2.24, 2.45) is 11.1 Å². The minimum absolute atomic E-state index is 0.359. The Kier molecular flexibility index (Phi) is 4.99. The molecule has 0 amide bonds. The van der Waals surface area contributed by atoms with Crippen molar-refractivity contribution in [3.63, 3.8) is 0 Å². The molecule has 102 valence electrons. The highest BCUT2D eigenvalue weighted by Crippen LogP contribution is 2.40. The van der Waals surface area contributed by atoms with Crippen molar-refractivity contribution in [1.29, 1.82) is 0 Å². The molecule has 18 heavy (non-hydrogen) atoms. The zero-order valence-electron chi connectivity index (χ0n) is 11.6. The Morgan fingerprint density at radius 2 is 2.00 bits per heavy atom. The molecule has 0 aliphatic carbocycles. The fourth-order valence-corrected chi connectivity index (χ4v) is 1.87. The number of nitrogens with two attached hydrogens (primary N) is 1. The molecule has 2 atom stereocenters. The minimum Gasteiger partial charge on any atom is -0.497 e. The van der Waals surface area contributed by atoms with Crippen LogP contribution in [0.3, 0.4) is 0 Å². The van der Waals surface area contributed by atoms with E-state index in [0.29, 0.717) is 18.0 Å². The molecule has 0 bridgehead atoms. The Hall–Kier alpha value is -1.26. The zero-order valence-corrected chi connectivity index (χ0v) is 11.6. The van der Waals surface area contributed by atoms with Crippen LogP contribution in [0.25, 0.3) is 0 Å². The van der Waals surface area contributed by atoms with Gasteiger partial charge in [-0.25, -0.2) is 0 Å². The molecule has 0 aliphatic heterocycles. The van der Waals surface area contributed by atoms with Crippen molar-refractivity contribution in [2.75, 3.05) is 20.8 Å². The van der Waals surface area contributed by atoms with Gasteiger partial charge in [0, 0.05) is 23.6 Å². The van der Waals surface area contributed by atoms with E-state index in [1.807, 2.05) is 26.0 Å². The van der Waals surface area contributed by atoms with Crippen molar-refractivity contribution < 1.29 is 14.6 Å². The van der Waals surface area contributed by atoms with Gasteiger partial charge in [-0.15, -0.1) is 0 Å². The Morgan fingerprint density at radius 3 is 2.44 bits per heavy atom. The number of hydrogen-bond donors (Lipinski definition) is 2. The van der Waals surface area contributed by atoms with Crippen molar-refractivity contribution in [3.8, 4) is 11.5 Å². The first-order chi connectivity index (χ1) is 8.52. The van der Waals surface area contributed by atoms with E-state index in [1.165, 1.54) is 0 Å². The van der Waals surface area contributed by atoms with Gasteiger partial charge in [-0.05, 0) is 18.6 Å². The van der Waals surface area contributed by atoms with Crippen LogP contribution in [-0.2, 0) is 0 Å². The third kappa shape index (κ3) is 2.76. The van der Waals surface area contributed by atoms with Gasteiger partial charge < -0.3 is 20.3 Å². The van der Waals surface area contributed by atoms with E-state index in [-0.39, 0.29) is 5.41 Å². The highest BCUT2D eigenvalue weighted by Gasteiger charge is 2.32. The maximum absolute atomic E-state index is 10.5. The first-order valence-corrected chi connectivity index (χ1v) is 6.12. The van der Waals surface area contributed by atoms with Gasteiger partial charge in [0.1, 0.15) is 11.5 Å². The number of benzene rings is 1. The van der Waals surface area contributed by atoms with Crippen LogP contribution in [0.2, 0.25) is 0 Å². The predicted molar refractivity (Wildman–Crippen MR) is 72.0 cm³/mol. The smallest absolute Gasteiger partial charge is 0.128 e. The quantitative estimate of drug-likeness (QED) is 0.815. The molecule has 4 nitrogen and oxygen atoms in total. The molecule has 3 N–H and O–H groups in total.